The second-order valence-corrected chi connectivity index (χ2v) is 6.58. The van der Waals surface area contributed by atoms with Crippen LogP contribution in [0.2, 0.25) is 0 Å². The highest BCUT2D eigenvalue weighted by molar-refractivity contribution is 5.94. The molecule has 3 rings (SSSR count). The van der Waals surface area contributed by atoms with Gasteiger partial charge < -0.3 is 9.64 Å². The Morgan fingerprint density at radius 2 is 1.50 bits per heavy atom. The van der Waals surface area contributed by atoms with Gasteiger partial charge in [0.2, 0.25) is 0 Å². The first-order valence-electron chi connectivity index (χ1n) is 8.77. The smallest absolute Gasteiger partial charge is 0.308 e. The van der Waals surface area contributed by atoms with Crippen LogP contribution >= 0.6 is 0 Å². The number of carbonyl (C=O) groups is 2. The largest absolute Gasteiger partial charge is 0.427 e. The number of hydrogen-bond donors (Lipinski definition) is 2. The molecule has 0 radical (unpaired) electrons. The van der Waals surface area contributed by atoms with E-state index in [1.54, 1.807) is 12.1 Å². The van der Waals surface area contributed by atoms with Crippen molar-refractivity contribution < 1.29 is 19.2 Å². The third kappa shape index (κ3) is 4.68. The predicted octanol–water partition coefficient (Wildman–Crippen LogP) is 0.754. The summed E-state index contributed by atoms with van der Waals surface area (Å²) in [6.07, 6.45) is 0. The minimum absolute atomic E-state index is 0.0821. The van der Waals surface area contributed by atoms with Gasteiger partial charge in [-0.3, -0.25) is 15.0 Å². The second-order valence-electron chi connectivity index (χ2n) is 6.58. The predicted molar refractivity (Wildman–Crippen MR) is 98.8 cm³/mol. The van der Waals surface area contributed by atoms with Gasteiger partial charge in [-0.15, -0.1) is 0 Å². The number of ether oxygens (including phenoxy) is 1. The maximum Gasteiger partial charge on any atom is 0.308 e. The SMILES string of the molecule is CC(=O)Oc1ccc(-c2ccc(C(=O)NN3CC[NH+](C)CC3)cc2)cc1. The minimum atomic E-state index is -0.338. The first-order chi connectivity index (χ1) is 12.5. The highest BCUT2D eigenvalue weighted by atomic mass is 16.5. The first-order valence-corrected chi connectivity index (χ1v) is 8.77. The number of quaternary nitrogens is 1. The van der Waals surface area contributed by atoms with Crippen molar-refractivity contribution in [2.24, 2.45) is 0 Å². The van der Waals surface area contributed by atoms with Gasteiger partial charge in [-0.05, 0) is 35.4 Å². The molecule has 2 N–H and O–H groups in total. The van der Waals surface area contributed by atoms with Crippen LogP contribution in [0, 0.1) is 0 Å². The number of nitrogens with one attached hydrogen (secondary N) is 2. The molecule has 1 aliphatic rings. The Bertz CT molecular complexity index is 764. The van der Waals surface area contributed by atoms with Gasteiger partial charge in [-0.2, -0.15) is 0 Å². The Morgan fingerprint density at radius 1 is 0.962 bits per heavy atom. The van der Waals surface area contributed by atoms with Crippen molar-refractivity contribution in [1.82, 2.24) is 10.4 Å². The van der Waals surface area contributed by atoms with Crippen LogP contribution in [0.1, 0.15) is 17.3 Å². The summed E-state index contributed by atoms with van der Waals surface area (Å²) in [5.41, 5.74) is 5.60. The van der Waals surface area contributed by atoms with Gasteiger partial charge in [0.1, 0.15) is 5.75 Å². The maximum atomic E-state index is 12.4. The van der Waals surface area contributed by atoms with Crippen molar-refractivity contribution in [2.75, 3.05) is 33.2 Å². The van der Waals surface area contributed by atoms with Crippen LogP contribution in [-0.4, -0.2) is 50.1 Å². The molecule has 0 spiro atoms. The molecule has 1 heterocycles. The Labute approximate surface area is 153 Å². The van der Waals surface area contributed by atoms with E-state index in [0.717, 1.165) is 37.3 Å². The Hall–Kier alpha value is -2.70. The first kappa shape index (κ1) is 18.1. The third-order valence-electron chi connectivity index (χ3n) is 4.47. The van der Waals surface area contributed by atoms with Gasteiger partial charge in [0, 0.05) is 12.5 Å². The average molecular weight is 354 g/mol. The van der Waals surface area contributed by atoms with Crippen LogP contribution in [0.15, 0.2) is 48.5 Å². The molecule has 2 aromatic carbocycles. The fourth-order valence-corrected chi connectivity index (χ4v) is 2.90. The van der Waals surface area contributed by atoms with E-state index < -0.39 is 0 Å². The molecule has 0 unspecified atom stereocenters. The van der Waals surface area contributed by atoms with Gasteiger partial charge in [0.15, 0.2) is 0 Å². The highest BCUT2D eigenvalue weighted by Gasteiger charge is 2.18. The quantitative estimate of drug-likeness (QED) is 0.628. The molecule has 1 fully saturated rings. The summed E-state index contributed by atoms with van der Waals surface area (Å²) in [7, 11) is 2.16. The molecule has 0 saturated carbocycles. The van der Waals surface area contributed by atoms with Crippen molar-refractivity contribution in [3.8, 4) is 16.9 Å². The molecule has 0 aliphatic carbocycles. The van der Waals surface area contributed by atoms with Crippen molar-refractivity contribution in [3.63, 3.8) is 0 Å². The number of nitrogens with zero attached hydrogens (tertiary/aromatic N) is 1. The van der Waals surface area contributed by atoms with Gasteiger partial charge >= 0.3 is 5.97 Å². The molecule has 1 aliphatic heterocycles. The maximum absolute atomic E-state index is 12.4. The van der Waals surface area contributed by atoms with E-state index in [9.17, 15) is 9.59 Å². The van der Waals surface area contributed by atoms with Crippen LogP contribution in [0.3, 0.4) is 0 Å². The lowest BCUT2D eigenvalue weighted by molar-refractivity contribution is -0.884. The summed E-state index contributed by atoms with van der Waals surface area (Å²) < 4.78 is 5.04. The standard InChI is InChI=1S/C20H23N3O3/c1-15(24)26-19-9-7-17(8-10-19)16-3-5-18(6-4-16)20(25)21-23-13-11-22(2)12-14-23/h3-10H,11-14H2,1-2H3,(H,21,25)/p+1. The lowest BCUT2D eigenvalue weighted by Gasteiger charge is -2.30. The van der Waals surface area contributed by atoms with E-state index in [0.29, 0.717) is 11.3 Å². The number of benzene rings is 2. The van der Waals surface area contributed by atoms with Crippen molar-refractivity contribution in [1.29, 1.82) is 0 Å². The van der Waals surface area contributed by atoms with Gasteiger partial charge in [0.05, 0.1) is 33.2 Å². The Kier molecular flexibility index (Phi) is 5.65. The summed E-state index contributed by atoms with van der Waals surface area (Å²) in [5, 5.41) is 1.98. The second kappa shape index (κ2) is 8.12. The molecular weight excluding hydrogens is 330 g/mol. The van der Waals surface area contributed by atoms with Crippen molar-refractivity contribution >= 4 is 11.9 Å². The number of hydrazine groups is 1. The van der Waals surface area contributed by atoms with E-state index in [2.05, 4.69) is 12.5 Å². The summed E-state index contributed by atoms with van der Waals surface area (Å²) in [6.45, 7) is 5.17. The van der Waals surface area contributed by atoms with E-state index in [1.807, 2.05) is 41.4 Å². The fraction of sp³-hybridized carbons (Fsp3) is 0.300. The Balaban J connectivity index is 1.62. The zero-order valence-electron chi connectivity index (χ0n) is 15.1. The van der Waals surface area contributed by atoms with E-state index in [-0.39, 0.29) is 11.9 Å². The summed E-state index contributed by atoms with van der Waals surface area (Å²) in [5.74, 6) is 0.0995. The number of hydrogen-bond acceptors (Lipinski definition) is 4. The van der Waals surface area contributed by atoms with E-state index in [4.69, 9.17) is 4.74 Å². The molecule has 6 nitrogen and oxygen atoms in total. The van der Waals surface area contributed by atoms with Crippen LogP contribution in [-0.2, 0) is 4.79 Å². The fourth-order valence-electron chi connectivity index (χ4n) is 2.90. The molecule has 136 valence electrons. The number of esters is 1. The van der Waals surface area contributed by atoms with Crippen molar-refractivity contribution in [3.05, 3.63) is 54.1 Å². The Morgan fingerprint density at radius 3 is 2.04 bits per heavy atom. The normalized spacial score (nSPS) is 15.5. The third-order valence-corrected chi connectivity index (χ3v) is 4.47. The molecule has 6 heteroatoms. The summed E-state index contributed by atoms with van der Waals surface area (Å²) in [4.78, 5) is 24.8. The molecule has 0 aromatic heterocycles. The van der Waals surface area contributed by atoms with Crippen LogP contribution in [0.4, 0.5) is 0 Å². The summed E-state index contributed by atoms with van der Waals surface area (Å²) >= 11 is 0. The van der Waals surface area contributed by atoms with Crippen LogP contribution < -0.4 is 15.1 Å². The van der Waals surface area contributed by atoms with Crippen molar-refractivity contribution in [2.45, 2.75) is 6.92 Å². The van der Waals surface area contributed by atoms with E-state index >= 15 is 0 Å². The van der Waals surface area contributed by atoms with Gasteiger partial charge in [-0.25, -0.2) is 5.01 Å². The molecule has 26 heavy (non-hydrogen) atoms. The molecule has 1 amide bonds. The topological polar surface area (TPSA) is 63.1 Å². The zero-order chi connectivity index (χ0) is 18.5. The number of carbonyl (C=O) groups excluding carboxylic acids is 2. The number of piperazine rings is 1. The minimum Gasteiger partial charge on any atom is -0.427 e. The van der Waals surface area contributed by atoms with E-state index in [1.165, 1.54) is 11.8 Å². The number of rotatable bonds is 4. The lowest BCUT2D eigenvalue weighted by atomic mass is 10.0. The molecule has 0 atom stereocenters. The van der Waals surface area contributed by atoms with Gasteiger partial charge in [-0.1, -0.05) is 24.3 Å². The number of likely N-dealkylation sites (N-methyl/N-ethyl adjacent to an activating group) is 1. The zero-order valence-corrected chi connectivity index (χ0v) is 15.1. The molecule has 1 saturated heterocycles. The van der Waals surface area contributed by atoms with Gasteiger partial charge in [0.25, 0.3) is 5.91 Å². The van der Waals surface area contributed by atoms with Crippen LogP contribution in [0.5, 0.6) is 5.75 Å². The van der Waals surface area contributed by atoms with Crippen LogP contribution in [0.25, 0.3) is 11.1 Å². The molecule has 0 bridgehead atoms. The monoisotopic (exact) mass is 354 g/mol. The number of amides is 1. The summed E-state index contributed by atoms with van der Waals surface area (Å²) in [6, 6.07) is 14.8. The average Bonchev–Trinajstić information content (AvgIpc) is 2.64. The molecule has 2 aromatic rings. The molecular formula is C20H24N3O3+. The highest BCUT2D eigenvalue weighted by Crippen LogP contribution is 2.23. The lowest BCUT2D eigenvalue weighted by Crippen LogP contribution is -3.12.